The minimum Gasteiger partial charge on any atom is -0.392 e. The summed E-state index contributed by atoms with van der Waals surface area (Å²) < 4.78 is 5.83. The van der Waals surface area contributed by atoms with Crippen molar-refractivity contribution in [2.24, 2.45) is 5.41 Å². The van der Waals surface area contributed by atoms with Crippen LogP contribution in [0.1, 0.15) is 43.2 Å². The molecule has 2 fully saturated rings. The SMILES string of the molecule is CO[C@@H]1CCC[C@]12CCCN(c1nc3cc(C)ccc3cc1CO)C2. The molecule has 2 aliphatic rings. The number of anilines is 1. The number of piperidine rings is 1. The van der Waals surface area contributed by atoms with E-state index in [1.54, 1.807) is 0 Å². The lowest BCUT2D eigenvalue weighted by molar-refractivity contribution is 0.00212. The maximum absolute atomic E-state index is 9.93. The first-order valence-corrected chi connectivity index (χ1v) is 9.44. The molecule has 1 spiro atoms. The van der Waals surface area contributed by atoms with Gasteiger partial charge in [0.05, 0.1) is 18.2 Å². The van der Waals surface area contributed by atoms with Crippen molar-refractivity contribution in [2.75, 3.05) is 25.1 Å². The molecule has 0 radical (unpaired) electrons. The van der Waals surface area contributed by atoms with Gasteiger partial charge in [0.1, 0.15) is 5.82 Å². The quantitative estimate of drug-likeness (QED) is 0.922. The van der Waals surface area contributed by atoms with Crippen molar-refractivity contribution in [1.29, 1.82) is 0 Å². The summed E-state index contributed by atoms with van der Waals surface area (Å²) in [4.78, 5) is 7.36. The van der Waals surface area contributed by atoms with E-state index in [2.05, 4.69) is 36.1 Å². The lowest BCUT2D eigenvalue weighted by Crippen LogP contribution is -2.48. The Bertz CT molecular complexity index is 776. The molecule has 0 bridgehead atoms. The summed E-state index contributed by atoms with van der Waals surface area (Å²) in [5.74, 6) is 0.960. The fourth-order valence-corrected chi connectivity index (χ4v) is 4.98. The number of nitrogens with zero attached hydrogens (tertiary/aromatic N) is 2. The average molecular weight is 340 g/mol. The van der Waals surface area contributed by atoms with E-state index in [-0.39, 0.29) is 12.0 Å². The third-order valence-electron chi connectivity index (χ3n) is 6.22. The molecule has 4 nitrogen and oxygen atoms in total. The molecule has 1 aliphatic carbocycles. The van der Waals surface area contributed by atoms with Crippen molar-refractivity contribution in [2.45, 2.75) is 51.7 Å². The molecule has 25 heavy (non-hydrogen) atoms. The summed E-state index contributed by atoms with van der Waals surface area (Å²) in [7, 11) is 1.85. The van der Waals surface area contributed by atoms with Crippen LogP contribution < -0.4 is 4.90 Å². The van der Waals surface area contributed by atoms with Crippen molar-refractivity contribution in [3.05, 3.63) is 35.4 Å². The second-order valence-electron chi connectivity index (χ2n) is 7.83. The maximum Gasteiger partial charge on any atom is 0.134 e. The number of pyridine rings is 1. The first-order valence-electron chi connectivity index (χ1n) is 9.44. The largest absolute Gasteiger partial charge is 0.392 e. The van der Waals surface area contributed by atoms with Crippen molar-refractivity contribution < 1.29 is 9.84 Å². The standard InChI is InChI=1S/C21H28N2O2/c1-15-6-7-16-12-17(13-24)20(22-18(16)11-15)23-10-4-9-21(14-23)8-3-5-19(21)25-2/h6-7,11-12,19,24H,3-5,8-10,13-14H2,1-2H3/t19-,21-/m1/s1. The number of aromatic nitrogens is 1. The number of aliphatic hydroxyl groups is 1. The van der Waals surface area contributed by atoms with Gasteiger partial charge in [0, 0.05) is 36.6 Å². The van der Waals surface area contributed by atoms with Crippen molar-refractivity contribution in [3.8, 4) is 0 Å². The second-order valence-corrected chi connectivity index (χ2v) is 7.83. The molecule has 0 unspecified atom stereocenters. The Labute approximate surface area is 149 Å². The minimum absolute atomic E-state index is 0.0311. The summed E-state index contributed by atoms with van der Waals surface area (Å²) in [6.45, 7) is 4.13. The first kappa shape index (κ1) is 16.8. The monoisotopic (exact) mass is 340 g/mol. The van der Waals surface area contributed by atoms with Gasteiger partial charge in [0.15, 0.2) is 0 Å². The second kappa shape index (κ2) is 6.58. The molecule has 134 valence electrons. The molecular formula is C21H28N2O2. The number of aliphatic hydroxyl groups excluding tert-OH is 1. The van der Waals surface area contributed by atoms with E-state index in [0.717, 1.165) is 41.8 Å². The zero-order valence-corrected chi connectivity index (χ0v) is 15.3. The van der Waals surface area contributed by atoms with Crippen LogP contribution in [0.3, 0.4) is 0 Å². The fourth-order valence-electron chi connectivity index (χ4n) is 4.98. The fraction of sp³-hybridized carbons (Fsp3) is 0.571. The van der Waals surface area contributed by atoms with Gasteiger partial charge >= 0.3 is 0 Å². The van der Waals surface area contributed by atoms with Crippen molar-refractivity contribution >= 4 is 16.7 Å². The summed E-state index contributed by atoms with van der Waals surface area (Å²) >= 11 is 0. The van der Waals surface area contributed by atoms with Crippen LogP contribution in [0.5, 0.6) is 0 Å². The molecule has 4 rings (SSSR count). The van der Waals surface area contributed by atoms with Gasteiger partial charge in [-0.15, -0.1) is 0 Å². The number of ether oxygens (including phenoxy) is 1. The normalized spacial score (nSPS) is 26.7. The third kappa shape index (κ3) is 2.91. The number of rotatable bonds is 3. The predicted molar refractivity (Wildman–Crippen MR) is 101 cm³/mol. The van der Waals surface area contributed by atoms with Crippen LogP contribution in [0.4, 0.5) is 5.82 Å². The topological polar surface area (TPSA) is 45.6 Å². The van der Waals surface area contributed by atoms with Gasteiger partial charge in [-0.1, -0.05) is 18.6 Å². The number of hydrogen-bond acceptors (Lipinski definition) is 4. The molecule has 2 atom stereocenters. The molecule has 1 N–H and O–H groups in total. The van der Waals surface area contributed by atoms with Gasteiger partial charge in [0.25, 0.3) is 0 Å². The summed E-state index contributed by atoms with van der Waals surface area (Å²) in [5.41, 5.74) is 3.41. The van der Waals surface area contributed by atoms with Gasteiger partial charge in [-0.25, -0.2) is 4.98 Å². The Morgan fingerprint density at radius 3 is 2.92 bits per heavy atom. The number of fused-ring (bicyclic) bond motifs is 1. The highest BCUT2D eigenvalue weighted by Gasteiger charge is 2.46. The van der Waals surface area contributed by atoms with E-state index >= 15 is 0 Å². The summed E-state index contributed by atoms with van der Waals surface area (Å²) in [6.07, 6.45) is 6.42. The van der Waals surface area contributed by atoms with E-state index in [1.807, 2.05) is 7.11 Å². The molecule has 1 saturated carbocycles. The van der Waals surface area contributed by atoms with Gasteiger partial charge in [-0.05, 0) is 50.3 Å². The van der Waals surface area contributed by atoms with Gasteiger partial charge in [-0.3, -0.25) is 0 Å². The van der Waals surface area contributed by atoms with Crippen LogP contribution in [-0.4, -0.2) is 36.4 Å². The van der Waals surface area contributed by atoms with Crippen LogP contribution in [-0.2, 0) is 11.3 Å². The average Bonchev–Trinajstić information content (AvgIpc) is 3.02. The highest BCUT2D eigenvalue weighted by Crippen LogP contribution is 2.47. The summed E-state index contributed by atoms with van der Waals surface area (Å²) in [5, 5.41) is 11.0. The Kier molecular flexibility index (Phi) is 4.42. The van der Waals surface area contributed by atoms with Crippen molar-refractivity contribution in [3.63, 3.8) is 0 Å². The van der Waals surface area contributed by atoms with E-state index < -0.39 is 0 Å². The van der Waals surface area contributed by atoms with Crippen LogP contribution in [0.25, 0.3) is 10.9 Å². The van der Waals surface area contributed by atoms with Crippen molar-refractivity contribution in [1.82, 2.24) is 4.98 Å². The van der Waals surface area contributed by atoms with Crippen LogP contribution in [0, 0.1) is 12.3 Å². The Hall–Kier alpha value is -1.65. The maximum atomic E-state index is 9.93. The van der Waals surface area contributed by atoms with Gasteiger partial charge < -0.3 is 14.7 Å². The van der Waals surface area contributed by atoms with Gasteiger partial charge in [0.2, 0.25) is 0 Å². The predicted octanol–water partition coefficient (Wildman–Crippen LogP) is 3.82. The molecular weight excluding hydrogens is 312 g/mol. The zero-order chi connectivity index (χ0) is 17.4. The van der Waals surface area contributed by atoms with Crippen LogP contribution in [0.2, 0.25) is 0 Å². The zero-order valence-electron chi connectivity index (χ0n) is 15.3. The van der Waals surface area contributed by atoms with E-state index in [9.17, 15) is 5.11 Å². The highest BCUT2D eigenvalue weighted by atomic mass is 16.5. The Morgan fingerprint density at radius 2 is 2.12 bits per heavy atom. The Balaban J connectivity index is 1.72. The number of hydrogen-bond donors (Lipinski definition) is 1. The molecule has 0 amide bonds. The molecule has 1 aromatic heterocycles. The third-order valence-corrected chi connectivity index (χ3v) is 6.22. The molecule has 4 heteroatoms. The van der Waals surface area contributed by atoms with E-state index in [0.29, 0.717) is 6.10 Å². The van der Waals surface area contributed by atoms with Crippen LogP contribution in [0.15, 0.2) is 24.3 Å². The number of benzene rings is 1. The molecule has 1 aromatic carbocycles. The highest BCUT2D eigenvalue weighted by molar-refractivity contribution is 5.82. The number of aryl methyl sites for hydroxylation is 1. The van der Waals surface area contributed by atoms with Gasteiger partial charge in [-0.2, -0.15) is 0 Å². The first-order chi connectivity index (χ1) is 12.1. The van der Waals surface area contributed by atoms with E-state index in [4.69, 9.17) is 9.72 Å². The van der Waals surface area contributed by atoms with E-state index in [1.165, 1.54) is 31.2 Å². The minimum atomic E-state index is 0.0311. The molecule has 2 heterocycles. The summed E-state index contributed by atoms with van der Waals surface area (Å²) in [6, 6.07) is 8.42. The smallest absolute Gasteiger partial charge is 0.134 e. The van der Waals surface area contributed by atoms with Crippen LogP contribution >= 0.6 is 0 Å². The molecule has 2 aromatic rings. The lowest BCUT2D eigenvalue weighted by atomic mass is 9.76. The molecule has 1 aliphatic heterocycles. The Morgan fingerprint density at radius 1 is 1.28 bits per heavy atom. The lowest BCUT2D eigenvalue weighted by Gasteiger charge is -2.44. The number of methoxy groups -OCH3 is 1. The molecule has 1 saturated heterocycles.